The van der Waals surface area contributed by atoms with Crippen LogP contribution < -0.4 is 11.1 Å². The Hall–Kier alpha value is -2.36. The quantitative estimate of drug-likeness (QED) is 0.812. The molecule has 19 heavy (non-hydrogen) atoms. The molecule has 4 heteroatoms. The number of anilines is 2. The number of hydrogen-bond acceptors (Lipinski definition) is 2. The SMILES string of the molecule is Cc1cccc(C)c1NC(=O)c1cc(N)cc(F)c1. The lowest BCUT2D eigenvalue weighted by Crippen LogP contribution is -2.14. The topological polar surface area (TPSA) is 55.1 Å². The van der Waals surface area contributed by atoms with Crippen LogP contribution in [0.4, 0.5) is 15.8 Å². The summed E-state index contributed by atoms with van der Waals surface area (Å²) in [6, 6.07) is 9.52. The number of nitrogen functional groups attached to an aromatic ring is 1. The van der Waals surface area contributed by atoms with Crippen molar-refractivity contribution in [3.05, 3.63) is 58.9 Å². The van der Waals surface area contributed by atoms with E-state index in [1.807, 2.05) is 32.0 Å². The summed E-state index contributed by atoms with van der Waals surface area (Å²) in [5.74, 6) is -0.893. The van der Waals surface area contributed by atoms with Crippen LogP contribution in [0.15, 0.2) is 36.4 Å². The van der Waals surface area contributed by atoms with Crippen LogP contribution in [0.25, 0.3) is 0 Å². The van der Waals surface area contributed by atoms with Gasteiger partial charge in [-0.1, -0.05) is 18.2 Å². The summed E-state index contributed by atoms with van der Waals surface area (Å²) in [5.41, 5.74) is 8.63. The number of carbonyl (C=O) groups is 1. The van der Waals surface area contributed by atoms with Gasteiger partial charge in [-0.25, -0.2) is 4.39 Å². The van der Waals surface area contributed by atoms with Crippen molar-refractivity contribution in [1.82, 2.24) is 0 Å². The van der Waals surface area contributed by atoms with Crippen LogP contribution in [0, 0.1) is 19.7 Å². The van der Waals surface area contributed by atoms with Crippen molar-refractivity contribution in [2.24, 2.45) is 0 Å². The Labute approximate surface area is 111 Å². The Balaban J connectivity index is 2.31. The lowest BCUT2D eigenvalue weighted by Gasteiger charge is -2.11. The molecule has 0 aliphatic heterocycles. The molecule has 0 saturated carbocycles. The smallest absolute Gasteiger partial charge is 0.255 e. The van der Waals surface area contributed by atoms with E-state index in [4.69, 9.17) is 5.73 Å². The van der Waals surface area contributed by atoms with E-state index in [9.17, 15) is 9.18 Å². The van der Waals surface area contributed by atoms with Crippen LogP contribution in [0.5, 0.6) is 0 Å². The van der Waals surface area contributed by atoms with Crippen molar-refractivity contribution in [2.45, 2.75) is 13.8 Å². The van der Waals surface area contributed by atoms with Crippen LogP contribution in [0.3, 0.4) is 0 Å². The van der Waals surface area contributed by atoms with Crippen LogP contribution in [0.1, 0.15) is 21.5 Å². The summed E-state index contributed by atoms with van der Waals surface area (Å²) in [5, 5.41) is 2.79. The van der Waals surface area contributed by atoms with Gasteiger partial charge in [0.25, 0.3) is 5.91 Å². The molecule has 98 valence electrons. The summed E-state index contributed by atoms with van der Waals surface area (Å²) in [6.45, 7) is 3.81. The number of para-hydroxylation sites is 1. The van der Waals surface area contributed by atoms with E-state index in [1.165, 1.54) is 18.2 Å². The van der Waals surface area contributed by atoms with Gasteiger partial charge in [-0.05, 0) is 43.2 Å². The Bertz CT molecular complexity index is 598. The fourth-order valence-electron chi connectivity index (χ4n) is 1.94. The highest BCUT2D eigenvalue weighted by atomic mass is 19.1. The van der Waals surface area contributed by atoms with E-state index >= 15 is 0 Å². The van der Waals surface area contributed by atoms with Gasteiger partial charge < -0.3 is 11.1 Å². The van der Waals surface area contributed by atoms with E-state index in [0.717, 1.165) is 16.8 Å². The number of halogens is 1. The van der Waals surface area contributed by atoms with Crippen LogP contribution in [-0.4, -0.2) is 5.91 Å². The van der Waals surface area contributed by atoms with Crippen LogP contribution >= 0.6 is 0 Å². The minimum Gasteiger partial charge on any atom is -0.399 e. The third-order valence-corrected chi connectivity index (χ3v) is 2.90. The summed E-state index contributed by atoms with van der Waals surface area (Å²) in [4.78, 5) is 12.1. The van der Waals surface area contributed by atoms with E-state index in [1.54, 1.807) is 0 Å². The lowest BCUT2D eigenvalue weighted by molar-refractivity contribution is 0.102. The minimum absolute atomic E-state index is 0.208. The molecule has 3 nitrogen and oxygen atoms in total. The first kappa shape index (κ1) is 13.1. The molecule has 3 N–H and O–H groups in total. The van der Waals surface area contributed by atoms with Gasteiger partial charge >= 0.3 is 0 Å². The predicted octanol–water partition coefficient (Wildman–Crippen LogP) is 3.28. The number of carbonyl (C=O) groups excluding carboxylic acids is 1. The normalized spacial score (nSPS) is 10.3. The van der Waals surface area contributed by atoms with Gasteiger partial charge in [0, 0.05) is 16.9 Å². The van der Waals surface area contributed by atoms with Gasteiger partial charge in [-0.2, -0.15) is 0 Å². The van der Waals surface area contributed by atoms with Gasteiger partial charge in [0.2, 0.25) is 0 Å². The van der Waals surface area contributed by atoms with Crippen LogP contribution in [0.2, 0.25) is 0 Å². The Morgan fingerprint density at radius 3 is 2.37 bits per heavy atom. The molecular weight excluding hydrogens is 243 g/mol. The Morgan fingerprint density at radius 2 is 1.79 bits per heavy atom. The zero-order chi connectivity index (χ0) is 14.0. The summed E-state index contributed by atoms with van der Waals surface area (Å²) < 4.78 is 13.2. The number of nitrogens with two attached hydrogens (primary N) is 1. The standard InChI is InChI=1S/C15H15FN2O/c1-9-4-3-5-10(2)14(9)18-15(19)11-6-12(16)8-13(17)7-11/h3-8H,17H2,1-2H3,(H,18,19). The van der Waals surface area contributed by atoms with Crippen molar-refractivity contribution < 1.29 is 9.18 Å². The molecule has 2 aromatic rings. The Kier molecular flexibility index (Phi) is 3.51. The van der Waals surface area contributed by atoms with Crippen molar-refractivity contribution >= 4 is 17.3 Å². The van der Waals surface area contributed by atoms with E-state index in [2.05, 4.69) is 5.32 Å². The van der Waals surface area contributed by atoms with Crippen LogP contribution in [-0.2, 0) is 0 Å². The zero-order valence-corrected chi connectivity index (χ0v) is 10.8. The average Bonchev–Trinajstić information content (AvgIpc) is 2.32. The van der Waals surface area contributed by atoms with Gasteiger partial charge in [0.05, 0.1) is 0 Å². The fraction of sp³-hybridized carbons (Fsp3) is 0.133. The molecule has 0 unspecified atom stereocenters. The average molecular weight is 258 g/mol. The molecule has 0 aliphatic rings. The van der Waals surface area contributed by atoms with Crippen molar-refractivity contribution in [3.8, 4) is 0 Å². The van der Waals surface area contributed by atoms with E-state index < -0.39 is 5.82 Å². The van der Waals surface area contributed by atoms with Crippen molar-refractivity contribution in [3.63, 3.8) is 0 Å². The number of benzene rings is 2. The second-order valence-corrected chi connectivity index (χ2v) is 4.49. The molecule has 0 radical (unpaired) electrons. The molecule has 2 rings (SSSR count). The maximum atomic E-state index is 13.2. The third-order valence-electron chi connectivity index (χ3n) is 2.90. The van der Waals surface area contributed by atoms with Crippen molar-refractivity contribution in [2.75, 3.05) is 11.1 Å². The molecule has 0 aliphatic carbocycles. The highest BCUT2D eigenvalue weighted by Gasteiger charge is 2.11. The lowest BCUT2D eigenvalue weighted by atomic mass is 10.1. The van der Waals surface area contributed by atoms with E-state index in [-0.39, 0.29) is 17.2 Å². The fourth-order valence-corrected chi connectivity index (χ4v) is 1.94. The third kappa shape index (κ3) is 2.91. The molecule has 0 saturated heterocycles. The summed E-state index contributed by atoms with van der Waals surface area (Å²) in [6.07, 6.45) is 0. The maximum absolute atomic E-state index is 13.2. The maximum Gasteiger partial charge on any atom is 0.255 e. The number of rotatable bonds is 2. The van der Waals surface area contributed by atoms with Crippen molar-refractivity contribution in [1.29, 1.82) is 0 Å². The molecule has 0 heterocycles. The second-order valence-electron chi connectivity index (χ2n) is 4.49. The Morgan fingerprint density at radius 1 is 1.16 bits per heavy atom. The molecule has 0 spiro atoms. The monoisotopic (exact) mass is 258 g/mol. The first-order valence-corrected chi connectivity index (χ1v) is 5.91. The first-order valence-electron chi connectivity index (χ1n) is 5.91. The zero-order valence-electron chi connectivity index (χ0n) is 10.8. The second kappa shape index (κ2) is 5.10. The summed E-state index contributed by atoms with van der Waals surface area (Å²) in [7, 11) is 0. The predicted molar refractivity (Wildman–Crippen MR) is 74.7 cm³/mol. The molecule has 2 aromatic carbocycles. The van der Waals surface area contributed by atoms with Gasteiger partial charge in [0.15, 0.2) is 0 Å². The molecule has 0 fully saturated rings. The number of amides is 1. The largest absolute Gasteiger partial charge is 0.399 e. The highest BCUT2D eigenvalue weighted by molar-refractivity contribution is 6.05. The highest BCUT2D eigenvalue weighted by Crippen LogP contribution is 2.21. The molecular formula is C15H15FN2O. The number of aryl methyl sites for hydroxylation is 2. The van der Waals surface area contributed by atoms with E-state index in [0.29, 0.717) is 0 Å². The number of hydrogen-bond donors (Lipinski definition) is 2. The molecule has 0 atom stereocenters. The molecule has 0 aromatic heterocycles. The summed E-state index contributed by atoms with van der Waals surface area (Å²) >= 11 is 0. The number of nitrogens with one attached hydrogen (secondary N) is 1. The van der Waals surface area contributed by atoms with Gasteiger partial charge in [0.1, 0.15) is 5.82 Å². The van der Waals surface area contributed by atoms with Gasteiger partial charge in [-0.15, -0.1) is 0 Å². The molecule has 0 bridgehead atoms. The molecule has 1 amide bonds. The van der Waals surface area contributed by atoms with Gasteiger partial charge in [-0.3, -0.25) is 4.79 Å². The minimum atomic E-state index is -0.522. The first-order chi connectivity index (χ1) is 8.97.